The quantitative estimate of drug-likeness (QED) is 0.163. The standard InChI is InChI=1S/C51H33N3/c1-4-15-34(16-5-1)37-21-14-22-38(29-37)40-30-41(39-27-28-47-45-25-11-10-23-43(45)44-24-12-13-26-46(44)48(47)33-39)32-42(31-40)51-53-49(35-17-6-2-7-18-35)52-50(54-51)36-19-8-3-9-20-36/h1-33H. The Hall–Kier alpha value is -7.23. The van der Waals surface area contributed by atoms with Gasteiger partial charge in [-0.2, -0.15) is 0 Å². The van der Waals surface area contributed by atoms with Gasteiger partial charge in [0.15, 0.2) is 17.5 Å². The Kier molecular flexibility index (Phi) is 7.81. The van der Waals surface area contributed by atoms with E-state index >= 15 is 0 Å². The average molecular weight is 688 g/mol. The summed E-state index contributed by atoms with van der Waals surface area (Å²) in [5, 5.41) is 7.52. The molecule has 0 radical (unpaired) electrons. The van der Waals surface area contributed by atoms with Crippen molar-refractivity contribution in [1.82, 2.24) is 15.0 Å². The van der Waals surface area contributed by atoms with Crippen molar-refractivity contribution in [2.24, 2.45) is 0 Å². The summed E-state index contributed by atoms with van der Waals surface area (Å²) in [5.41, 5.74) is 9.60. The summed E-state index contributed by atoms with van der Waals surface area (Å²) in [5.74, 6) is 1.91. The van der Waals surface area contributed by atoms with Gasteiger partial charge in [0.2, 0.25) is 0 Å². The van der Waals surface area contributed by atoms with Gasteiger partial charge in [0, 0.05) is 16.7 Å². The van der Waals surface area contributed by atoms with Crippen molar-refractivity contribution in [1.29, 1.82) is 0 Å². The number of benzene rings is 9. The van der Waals surface area contributed by atoms with Crippen LogP contribution in [0, 0.1) is 0 Å². The van der Waals surface area contributed by atoms with E-state index in [9.17, 15) is 0 Å². The van der Waals surface area contributed by atoms with E-state index in [1.165, 1.54) is 43.4 Å². The molecule has 0 saturated carbocycles. The Labute approximate surface area is 313 Å². The monoisotopic (exact) mass is 687 g/mol. The van der Waals surface area contributed by atoms with E-state index in [0.29, 0.717) is 17.5 Å². The highest BCUT2D eigenvalue weighted by Crippen LogP contribution is 2.39. The third kappa shape index (κ3) is 5.78. The smallest absolute Gasteiger partial charge is 0.164 e. The second kappa shape index (κ2) is 13.4. The van der Waals surface area contributed by atoms with Gasteiger partial charge in [-0.3, -0.25) is 0 Å². The first-order valence-corrected chi connectivity index (χ1v) is 18.3. The highest BCUT2D eigenvalue weighted by Gasteiger charge is 2.16. The Bertz CT molecular complexity index is 2880. The summed E-state index contributed by atoms with van der Waals surface area (Å²) in [6.07, 6.45) is 0. The van der Waals surface area contributed by atoms with Gasteiger partial charge in [-0.1, -0.05) is 170 Å². The van der Waals surface area contributed by atoms with Gasteiger partial charge in [0.05, 0.1) is 0 Å². The molecule has 0 aliphatic carbocycles. The number of hydrogen-bond acceptors (Lipinski definition) is 3. The Balaban J connectivity index is 1.22. The van der Waals surface area contributed by atoms with E-state index < -0.39 is 0 Å². The number of aromatic nitrogens is 3. The van der Waals surface area contributed by atoms with Crippen LogP contribution >= 0.6 is 0 Å². The van der Waals surface area contributed by atoms with Crippen LogP contribution in [-0.4, -0.2) is 15.0 Å². The van der Waals surface area contributed by atoms with Crippen LogP contribution in [-0.2, 0) is 0 Å². The van der Waals surface area contributed by atoms with Crippen LogP contribution in [0.3, 0.4) is 0 Å². The lowest BCUT2D eigenvalue weighted by Crippen LogP contribution is -2.00. The third-order valence-corrected chi connectivity index (χ3v) is 10.3. The van der Waals surface area contributed by atoms with Gasteiger partial charge >= 0.3 is 0 Å². The summed E-state index contributed by atoms with van der Waals surface area (Å²) in [7, 11) is 0. The van der Waals surface area contributed by atoms with Crippen LogP contribution in [0.2, 0.25) is 0 Å². The van der Waals surface area contributed by atoms with E-state index in [0.717, 1.165) is 38.9 Å². The topological polar surface area (TPSA) is 38.7 Å². The molecule has 0 N–H and O–H groups in total. The molecule has 3 nitrogen and oxygen atoms in total. The molecule has 0 aliphatic heterocycles. The van der Waals surface area contributed by atoms with Gasteiger partial charge in [0.1, 0.15) is 0 Å². The molecule has 0 fully saturated rings. The summed E-state index contributed by atoms with van der Waals surface area (Å²) in [6, 6.07) is 70.7. The SMILES string of the molecule is c1ccc(-c2cccc(-c3cc(-c4ccc5c6ccccc6c6ccccc6c5c4)cc(-c4nc(-c5ccccc5)nc(-c5ccccc5)n4)c3)c2)cc1. The molecular weight excluding hydrogens is 655 g/mol. The average Bonchev–Trinajstić information content (AvgIpc) is 3.27. The summed E-state index contributed by atoms with van der Waals surface area (Å²) in [4.78, 5) is 15.2. The number of hydrogen-bond donors (Lipinski definition) is 0. The van der Waals surface area contributed by atoms with Crippen molar-refractivity contribution in [3.8, 4) is 67.5 Å². The molecule has 9 aromatic carbocycles. The summed E-state index contributed by atoms with van der Waals surface area (Å²) in [6.45, 7) is 0. The molecule has 3 heteroatoms. The minimum Gasteiger partial charge on any atom is -0.208 e. The first kappa shape index (κ1) is 31.5. The van der Waals surface area contributed by atoms with Crippen molar-refractivity contribution >= 4 is 32.3 Å². The van der Waals surface area contributed by atoms with Crippen LogP contribution < -0.4 is 0 Å². The Morgan fingerprint density at radius 1 is 0.185 bits per heavy atom. The Morgan fingerprint density at radius 2 is 0.519 bits per heavy atom. The zero-order valence-corrected chi connectivity index (χ0v) is 29.4. The predicted molar refractivity (Wildman–Crippen MR) is 225 cm³/mol. The van der Waals surface area contributed by atoms with E-state index in [-0.39, 0.29) is 0 Å². The molecule has 10 rings (SSSR count). The number of nitrogens with zero attached hydrogens (tertiary/aromatic N) is 3. The van der Waals surface area contributed by atoms with Crippen LogP contribution in [0.25, 0.3) is 99.9 Å². The molecule has 10 aromatic rings. The molecule has 54 heavy (non-hydrogen) atoms. The zero-order chi connectivity index (χ0) is 35.8. The summed E-state index contributed by atoms with van der Waals surface area (Å²) < 4.78 is 0. The molecular formula is C51H33N3. The molecule has 1 heterocycles. The maximum Gasteiger partial charge on any atom is 0.164 e. The molecule has 1 aromatic heterocycles. The van der Waals surface area contributed by atoms with Gasteiger partial charge in [0.25, 0.3) is 0 Å². The van der Waals surface area contributed by atoms with E-state index in [4.69, 9.17) is 15.0 Å². The fraction of sp³-hybridized carbons (Fsp3) is 0. The largest absolute Gasteiger partial charge is 0.208 e. The second-order valence-corrected chi connectivity index (χ2v) is 13.6. The van der Waals surface area contributed by atoms with Gasteiger partial charge in [-0.05, 0) is 96.0 Å². The lowest BCUT2D eigenvalue weighted by molar-refractivity contribution is 1.07. The summed E-state index contributed by atoms with van der Waals surface area (Å²) >= 11 is 0. The van der Waals surface area contributed by atoms with Crippen LogP contribution in [0.5, 0.6) is 0 Å². The maximum absolute atomic E-state index is 5.14. The number of fused-ring (bicyclic) bond motifs is 6. The highest BCUT2D eigenvalue weighted by atomic mass is 15.0. The third-order valence-electron chi connectivity index (χ3n) is 10.3. The highest BCUT2D eigenvalue weighted by molar-refractivity contribution is 6.25. The predicted octanol–water partition coefficient (Wildman–Crippen LogP) is 13.3. The number of rotatable bonds is 6. The van der Waals surface area contributed by atoms with Crippen molar-refractivity contribution in [3.63, 3.8) is 0 Å². The lowest BCUT2D eigenvalue weighted by atomic mass is 9.90. The van der Waals surface area contributed by atoms with Gasteiger partial charge < -0.3 is 0 Å². The zero-order valence-electron chi connectivity index (χ0n) is 29.4. The lowest BCUT2D eigenvalue weighted by Gasteiger charge is -2.15. The van der Waals surface area contributed by atoms with Crippen LogP contribution in [0.4, 0.5) is 0 Å². The Morgan fingerprint density at radius 3 is 1.04 bits per heavy atom. The molecule has 0 atom stereocenters. The second-order valence-electron chi connectivity index (χ2n) is 13.6. The van der Waals surface area contributed by atoms with E-state index in [1.54, 1.807) is 0 Å². The normalized spacial score (nSPS) is 11.3. The fourth-order valence-corrected chi connectivity index (χ4v) is 7.62. The van der Waals surface area contributed by atoms with Gasteiger partial charge in [-0.15, -0.1) is 0 Å². The van der Waals surface area contributed by atoms with Gasteiger partial charge in [-0.25, -0.2) is 15.0 Å². The van der Waals surface area contributed by atoms with Crippen LogP contribution in [0.15, 0.2) is 200 Å². The minimum absolute atomic E-state index is 0.627. The van der Waals surface area contributed by atoms with Crippen molar-refractivity contribution < 1.29 is 0 Å². The van der Waals surface area contributed by atoms with E-state index in [2.05, 4.69) is 140 Å². The molecule has 0 amide bonds. The minimum atomic E-state index is 0.627. The molecule has 0 spiro atoms. The fourth-order valence-electron chi connectivity index (χ4n) is 7.62. The first-order valence-electron chi connectivity index (χ1n) is 18.3. The molecule has 0 unspecified atom stereocenters. The molecule has 252 valence electrons. The maximum atomic E-state index is 5.14. The molecule has 0 bridgehead atoms. The first-order chi connectivity index (χ1) is 26.7. The van der Waals surface area contributed by atoms with Crippen molar-refractivity contribution in [2.75, 3.05) is 0 Å². The molecule has 0 aliphatic rings. The van der Waals surface area contributed by atoms with Crippen molar-refractivity contribution in [2.45, 2.75) is 0 Å². The molecule has 0 saturated heterocycles. The van der Waals surface area contributed by atoms with Crippen molar-refractivity contribution in [3.05, 3.63) is 200 Å². The van der Waals surface area contributed by atoms with Crippen LogP contribution in [0.1, 0.15) is 0 Å². The van der Waals surface area contributed by atoms with E-state index in [1.807, 2.05) is 60.7 Å².